The van der Waals surface area contributed by atoms with Crippen LogP contribution in [0.1, 0.15) is 28.8 Å². The van der Waals surface area contributed by atoms with Crippen LogP contribution in [0, 0.1) is 0 Å². The summed E-state index contributed by atoms with van der Waals surface area (Å²) in [6.45, 7) is 1.22. The van der Waals surface area contributed by atoms with Gasteiger partial charge >= 0.3 is 5.97 Å². The van der Waals surface area contributed by atoms with Crippen molar-refractivity contribution in [2.75, 3.05) is 25.6 Å². The number of nitrogens with one attached hydrogen (secondary N) is 2. The molecule has 0 bridgehead atoms. The number of carboxylic acid groups (broad SMARTS) is 1. The highest BCUT2D eigenvalue weighted by Gasteiger charge is 2.21. The molecule has 1 unspecified atom stereocenters. The lowest BCUT2D eigenvalue weighted by Gasteiger charge is -2.19. The molecule has 0 spiro atoms. The van der Waals surface area contributed by atoms with Gasteiger partial charge in [-0.05, 0) is 36.6 Å². The van der Waals surface area contributed by atoms with Crippen LogP contribution in [0.4, 0.5) is 5.69 Å². The number of methoxy groups -OCH3 is 1. The third-order valence-corrected chi connectivity index (χ3v) is 3.52. The largest absolute Gasteiger partial charge is 0.480 e. The molecule has 6 heteroatoms. The number of hydrogen-bond donors (Lipinski definition) is 3. The van der Waals surface area contributed by atoms with Crippen LogP contribution in [-0.2, 0) is 16.0 Å². The second-order valence-corrected chi connectivity index (χ2v) is 5.05. The van der Waals surface area contributed by atoms with Crippen LogP contribution in [-0.4, -0.2) is 43.3 Å². The molecule has 1 atom stereocenters. The highest BCUT2D eigenvalue weighted by molar-refractivity contribution is 5.97. The fourth-order valence-electron chi connectivity index (χ4n) is 2.35. The molecule has 21 heavy (non-hydrogen) atoms. The first kappa shape index (κ1) is 15.3. The molecule has 0 saturated carbocycles. The zero-order valence-corrected chi connectivity index (χ0v) is 12.0. The van der Waals surface area contributed by atoms with Gasteiger partial charge in [0.25, 0.3) is 5.91 Å². The minimum atomic E-state index is -1.06. The van der Waals surface area contributed by atoms with Gasteiger partial charge in [-0.25, -0.2) is 4.79 Å². The van der Waals surface area contributed by atoms with Crippen molar-refractivity contribution in [3.63, 3.8) is 0 Å². The van der Waals surface area contributed by atoms with Gasteiger partial charge in [0, 0.05) is 37.9 Å². The normalized spacial score (nSPS) is 14.7. The molecule has 0 aliphatic carbocycles. The maximum Gasteiger partial charge on any atom is 0.326 e. The van der Waals surface area contributed by atoms with Crippen LogP contribution in [0.15, 0.2) is 18.2 Å². The van der Waals surface area contributed by atoms with Gasteiger partial charge in [0.1, 0.15) is 6.04 Å². The summed E-state index contributed by atoms with van der Waals surface area (Å²) in [4.78, 5) is 23.3. The van der Waals surface area contributed by atoms with E-state index < -0.39 is 12.0 Å². The monoisotopic (exact) mass is 292 g/mol. The van der Waals surface area contributed by atoms with E-state index in [2.05, 4.69) is 10.6 Å². The van der Waals surface area contributed by atoms with E-state index in [1.165, 1.54) is 7.11 Å². The third kappa shape index (κ3) is 3.95. The molecule has 1 aliphatic heterocycles. The number of aryl methyl sites for hydroxylation is 1. The van der Waals surface area contributed by atoms with Crippen LogP contribution in [0.3, 0.4) is 0 Å². The minimum absolute atomic E-state index is 0.240. The van der Waals surface area contributed by atoms with E-state index >= 15 is 0 Å². The number of benzene rings is 1. The van der Waals surface area contributed by atoms with Crippen molar-refractivity contribution in [3.8, 4) is 0 Å². The third-order valence-electron chi connectivity index (χ3n) is 3.52. The molecule has 1 heterocycles. The van der Waals surface area contributed by atoms with Gasteiger partial charge in [-0.3, -0.25) is 4.79 Å². The molecular weight excluding hydrogens is 272 g/mol. The van der Waals surface area contributed by atoms with Crippen LogP contribution in [0.2, 0.25) is 0 Å². The number of rotatable bonds is 6. The van der Waals surface area contributed by atoms with Crippen molar-refractivity contribution in [1.29, 1.82) is 0 Å². The summed E-state index contributed by atoms with van der Waals surface area (Å²) in [5.74, 6) is -1.42. The highest BCUT2D eigenvalue weighted by atomic mass is 16.5. The molecule has 0 aromatic heterocycles. The Labute approximate surface area is 123 Å². The van der Waals surface area contributed by atoms with E-state index in [1.54, 1.807) is 6.07 Å². The quantitative estimate of drug-likeness (QED) is 0.735. The molecule has 2 rings (SSSR count). The fraction of sp³-hybridized carbons (Fsp3) is 0.467. The number of fused-ring (bicyclic) bond motifs is 1. The summed E-state index contributed by atoms with van der Waals surface area (Å²) in [6.07, 6.45) is 2.20. The second kappa shape index (κ2) is 7.08. The first-order valence-corrected chi connectivity index (χ1v) is 7.01. The Balaban J connectivity index is 2.06. The maximum absolute atomic E-state index is 12.2. The minimum Gasteiger partial charge on any atom is -0.480 e. The smallest absolute Gasteiger partial charge is 0.326 e. The molecular formula is C15H20N2O4. The van der Waals surface area contributed by atoms with E-state index in [0.29, 0.717) is 5.56 Å². The van der Waals surface area contributed by atoms with E-state index in [4.69, 9.17) is 9.84 Å². The van der Waals surface area contributed by atoms with Gasteiger partial charge in [-0.1, -0.05) is 0 Å². The predicted molar refractivity (Wildman–Crippen MR) is 78.6 cm³/mol. The Hall–Kier alpha value is -2.08. The summed E-state index contributed by atoms with van der Waals surface area (Å²) in [5.41, 5.74) is 2.63. The molecule has 3 N–H and O–H groups in total. The van der Waals surface area contributed by atoms with E-state index in [0.717, 1.165) is 30.6 Å². The SMILES string of the molecule is COCCC(NC(=O)c1ccc2c(c1)CCCN2)C(=O)O. The zero-order valence-electron chi connectivity index (χ0n) is 12.0. The Kier molecular flexibility index (Phi) is 5.16. The van der Waals surface area contributed by atoms with Crippen molar-refractivity contribution < 1.29 is 19.4 Å². The standard InChI is InChI=1S/C15H20N2O4/c1-21-8-6-13(15(19)20)17-14(18)11-4-5-12-10(9-11)3-2-7-16-12/h4-5,9,13,16H,2-3,6-8H2,1H3,(H,17,18)(H,19,20). The van der Waals surface area contributed by atoms with E-state index in [-0.39, 0.29) is 18.9 Å². The number of hydrogen-bond acceptors (Lipinski definition) is 4. The van der Waals surface area contributed by atoms with Gasteiger partial charge in [-0.15, -0.1) is 0 Å². The topological polar surface area (TPSA) is 87.7 Å². The van der Waals surface area contributed by atoms with E-state index in [9.17, 15) is 9.59 Å². The molecule has 0 saturated heterocycles. The van der Waals surface area contributed by atoms with Gasteiger partial charge < -0.3 is 20.5 Å². The molecule has 1 aromatic carbocycles. The Morgan fingerprint density at radius 2 is 2.29 bits per heavy atom. The van der Waals surface area contributed by atoms with Crippen LogP contribution >= 0.6 is 0 Å². The molecule has 0 fully saturated rings. The van der Waals surface area contributed by atoms with Crippen molar-refractivity contribution in [2.24, 2.45) is 0 Å². The number of aliphatic carboxylic acids is 1. The second-order valence-electron chi connectivity index (χ2n) is 5.05. The van der Waals surface area contributed by atoms with Gasteiger partial charge in [0.15, 0.2) is 0 Å². The first-order chi connectivity index (χ1) is 10.1. The Bertz CT molecular complexity index is 530. The molecule has 114 valence electrons. The lowest BCUT2D eigenvalue weighted by molar-refractivity contribution is -0.139. The lowest BCUT2D eigenvalue weighted by Crippen LogP contribution is -2.41. The number of ether oxygens (including phenoxy) is 1. The molecule has 6 nitrogen and oxygen atoms in total. The van der Waals surface area contributed by atoms with Gasteiger partial charge in [-0.2, -0.15) is 0 Å². The number of anilines is 1. The van der Waals surface area contributed by atoms with Crippen LogP contribution in [0.5, 0.6) is 0 Å². The highest BCUT2D eigenvalue weighted by Crippen LogP contribution is 2.22. The summed E-state index contributed by atoms with van der Waals surface area (Å²) < 4.78 is 4.86. The summed E-state index contributed by atoms with van der Waals surface area (Å²) in [5, 5.41) is 14.9. The average Bonchev–Trinajstić information content (AvgIpc) is 2.50. The Morgan fingerprint density at radius 1 is 1.48 bits per heavy atom. The van der Waals surface area contributed by atoms with Crippen molar-refractivity contribution >= 4 is 17.6 Å². The number of carboxylic acids is 1. The average molecular weight is 292 g/mol. The summed E-state index contributed by atoms with van der Waals surface area (Å²) in [6, 6.07) is 4.47. The lowest BCUT2D eigenvalue weighted by atomic mass is 10.0. The molecule has 0 radical (unpaired) electrons. The number of carbonyl (C=O) groups is 2. The van der Waals surface area contributed by atoms with Crippen molar-refractivity contribution in [3.05, 3.63) is 29.3 Å². The first-order valence-electron chi connectivity index (χ1n) is 7.01. The fourth-order valence-corrected chi connectivity index (χ4v) is 2.35. The van der Waals surface area contributed by atoms with Crippen LogP contribution < -0.4 is 10.6 Å². The van der Waals surface area contributed by atoms with Gasteiger partial charge in [0.2, 0.25) is 0 Å². The number of carbonyl (C=O) groups excluding carboxylic acids is 1. The van der Waals surface area contributed by atoms with Crippen molar-refractivity contribution in [1.82, 2.24) is 5.32 Å². The van der Waals surface area contributed by atoms with E-state index in [1.807, 2.05) is 12.1 Å². The maximum atomic E-state index is 12.2. The summed E-state index contributed by atoms with van der Waals surface area (Å²) in [7, 11) is 1.50. The Morgan fingerprint density at radius 3 is 3.00 bits per heavy atom. The zero-order chi connectivity index (χ0) is 15.2. The number of amides is 1. The molecule has 1 amide bonds. The molecule has 1 aliphatic rings. The predicted octanol–water partition coefficient (Wildman–Crippen LogP) is 1.26. The van der Waals surface area contributed by atoms with Crippen molar-refractivity contribution in [2.45, 2.75) is 25.3 Å². The van der Waals surface area contributed by atoms with Crippen LogP contribution in [0.25, 0.3) is 0 Å². The molecule has 1 aromatic rings. The van der Waals surface area contributed by atoms with Gasteiger partial charge in [0.05, 0.1) is 0 Å². The summed E-state index contributed by atoms with van der Waals surface area (Å²) >= 11 is 0.